The fraction of sp³-hybridized carbons (Fsp3) is 0.571. The Kier molecular flexibility index (Phi) is 3.04. The molecule has 2 fully saturated rings. The van der Waals surface area contributed by atoms with Crippen molar-refractivity contribution in [1.82, 2.24) is 0 Å². The molecule has 21 heavy (non-hydrogen) atoms. The number of hydrogen-bond donors (Lipinski definition) is 0. The minimum Gasteiger partial charge on any atom is -0.251 e. The van der Waals surface area contributed by atoms with Gasteiger partial charge < -0.3 is 0 Å². The van der Waals surface area contributed by atoms with E-state index in [0.717, 1.165) is 6.42 Å². The zero-order valence-electron chi connectivity index (χ0n) is 12.0. The quantitative estimate of drug-likeness (QED) is 0.631. The van der Waals surface area contributed by atoms with E-state index in [4.69, 9.17) is 5.55 Å². The van der Waals surface area contributed by atoms with Crippen LogP contribution in [0.25, 0.3) is 0 Å². The Morgan fingerprint density at radius 2 is 1.90 bits per heavy atom. The van der Waals surface area contributed by atoms with E-state index < -0.39 is 27.6 Å². The molecule has 3 rings (SSSR count). The van der Waals surface area contributed by atoms with E-state index in [-0.39, 0.29) is 11.8 Å². The number of fused-ring (bicyclic) bond motifs is 2. The van der Waals surface area contributed by atoms with Crippen LogP contribution >= 0.6 is 0 Å². The van der Waals surface area contributed by atoms with Gasteiger partial charge in [-0.25, -0.2) is 0 Å². The molecular formula is C14H15F3O3S. The summed E-state index contributed by atoms with van der Waals surface area (Å²) in [5.41, 5.74) is -6.90. The van der Waals surface area contributed by atoms with Gasteiger partial charge in [0.2, 0.25) is 0 Å². The van der Waals surface area contributed by atoms with Crippen molar-refractivity contribution in [2.45, 2.75) is 36.8 Å². The molecule has 0 radical (unpaired) electrons. The summed E-state index contributed by atoms with van der Waals surface area (Å²) in [5.74, 6) is -0.520. The van der Waals surface area contributed by atoms with Gasteiger partial charge in [0.05, 0.1) is 0 Å². The first kappa shape index (κ1) is 13.6. The van der Waals surface area contributed by atoms with Gasteiger partial charge in [-0.3, -0.25) is 4.18 Å². The molecule has 1 aromatic carbocycles. The lowest BCUT2D eigenvalue weighted by Gasteiger charge is -2.37. The number of halogens is 3. The molecule has 2 aliphatic carbocycles. The molecule has 0 aromatic heterocycles. The average Bonchev–Trinajstić information content (AvgIpc) is 3.01. The largest absolute Gasteiger partial charge is 0.523 e. The molecule has 0 heterocycles. The first-order valence-electron chi connectivity index (χ1n) is 7.26. The molecule has 1 aromatic rings. The summed E-state index contributed by atoms with van der Waals surface area (Å²) in [7, 11) is -5.76. The van der Waals surface area contributed by atoms with Crippen molar-refractivity contribution in [2.75, 3.05) is 0 Å². The third-order valence-electron chi connectivity index (χ3n) is 4.32. The first-order chi connectivity index (χ1) is 10.2. The van der Waals surface area contributed by atoms with Crippen molar-refractivity contribution in [3.8, 4) is 0 Å². The predicted molar refractivity (Wildman–Crippen MR) is 69.6 cm³/mol. The third-order valence-corrected chi connectivity index (χ3v) is 5.38. The van der Waals surface area contributed by atoms with Crippen LogP contribution in [0.2, 0.25) is 0 Å². The Morgan fingerprint density at radius 3 is 2.43 bits per heavy atom. The minimum atomic E-state index is -5.76. The maximum atomic E-state index is 12.8. The Hall–Kier alpha value is -1.08. The van der Waals surface area contributed by atoms with E-state index in [2.05, 4.69) is 0 Å². The van der Waals surface area contributed by atoms with Gasteiger partial charge in [0, 0.05) is 1.37 Å². The van der Waals surface area contributed by atoms with Crippen molar-refractivity contribution in [3.63, 3.8) is 0 Å². The van der Waals surface area contributed by atoms with Crippen molar-refractivity contribution < 1.29 is 27.1 Å². The van der Waals surface area contributed by atoms with Gasteiger partial charge in [-0.2, -0.15) is 21.6 Å². The SMILES string of the molecule is [2H][C@H]1[C@H]2CC[C@H](C2)[C@]1(OS(=O)(=O)C(F)(F)F)c1ccccc1. The molecule has 0 amide bonds. The van der Waals surface area contributed by atoms with Gasteiger partial charge in [0.1, 0.15) is 5.60 Å². The van der Waals surface area contributed by atoms with Gasteiger partial charge in [0.25, 0.3) is 0 Å². The van der Waals surface area contributed by atoms with E-state index in [1.165, 1.54) is 12.1 Å². The van der Waals surface area contributed by atoms with E-state index in [1.54, 1.807) is 18.2 Å². The normalized spacial score (nSPS) is 36.7. The van der Waals surface area contributed by atoms with Crippen molar-refractivity contribution in [3.05, 3.63) is 35.9 Å². The third kappa shape index (κ3) is 2.36. The van der Waals surface area contributed by atoms with Crippen LogP contribution in [0.15, 0.2) is 30.3 Å². The number of hydrogen-bond acceptors (Lipinski definition) is 3. The molecule has 3 nitrogen and oxygen atoms in total. The fourth-order valence-corrected chi connectivity index (χ4v) is 4.19. The van der Waals surface area contributed by atoms with Crippen LogP contribution < -0.4 is 0 Å². The molecule has 2 bridgehead atoms. The van der Waals surface area contributed by atoms with Crippen LogP contribution in [0.1, 0.15) is 32.6 Å². The number of alkyl halides is 3. The lowest BCUT2D eigenvalue weighted by Crippen LogP contribution is -2.41. The summed E-state index contributed by atoms with van der Waals surface area (Å²) in [4.78, 5) is 0. The summed E-state index contributed by atoms with van der Waals surface area (Å²) < 4.78 is 74.5. The molecule has 0 unspecified atom stereocenters. The number of benzene rings is 1. The highest BCUT2D eigenvalue weighted by Crippen LogP contribution is 2.58. The van der Waals surface area contributed by atoms with Crippen molar-refractivity contribution in [1.29, 1.82) is 0 Å². The van der Waals surface area contributed by atoms with E-state index in [9.17, 15) is 21.6 Å². The van der Waals surface area contributed by atoms with Gasteiger partial charge in [0.15, 0.2) is 0 Å². The number of rotatable bonds is 3. The standard InChI is InChI=1S/C14H15F3O3S/c15-14(16,17)21(18,19)20-13(11-4-2-1-3-5-11)9-10-6-7-12(13)8-10/h1-5,10,12H,6-9H2/t10-,12+,13+/m0/s1/i9D/t9-,10-,12+,13+. The van der Waals surface area contributed by atoms with Crippen LogP contribution in [0.5, 0.6) is 0 Å². The highest BCUT2D eigenvalue weighted by Gasteiger charge is 2.59. The zero-order chi connectivity index (χ0) is 16.2. The van der Waals surface area contributed by atoms with Gasteiger partial charge in [-0.05, 0) is 43.1 Å². The lowest BCUT2D eigenvalue weighted by molar-refractivity contribution is -0.0745. The zero-order valence-corrected chi connectivity index (χ0v) is 11.8. The highest BCUT2D eigenvalue weighted by molar-refractivity contribution is 7.87. The minimum absolute atomic E-state index is 0.131. The predicted octanol–water partition coefficient (Wildman–Crippen LogP) is 3.57. The molecule has 0 aliphatic heterocycles. The monoisotopic (exact) mass is 321 g/mol. The molecule has 4 atom stereocenters. The van der Waals surface area contributed by atoms with E-state index in [1.807, 2.05) is 0 Å². The van der Waals surface area contributed by atoms with Crippen molar-refractivity contribution >= 4 is 10.1 Å². The molecular weight excluding hydrogens is 305 g/mol. The molecule has 0 saturated heterocycles. The van der Waals surface area contributed by atoms with E-state index in [0.29, 0.717) is 18.4 Å². The van der Waals surface area contributed by atoms with Crippen LogP contribution in [0.3, 0.4) is 0 Å². The Bertz CT molecular complexity index is 658. The second-order valence-corrected chi connectivity index (χ2v) is 7.12. The molecule has 2 saturated carbocycles. The van der Waals surface area contributed by atoms with Gasteiger partial charge >= 0.3 is 15.6 Å². The Morgan fingerprint density at radius 1 is 1.24 bits per heavy atom. The summed E-state index contributed by atoms with van der Waals surface area (Å²) in [6, 6.07) is 7.97. The van der Waals surface area contributed by atoms with Crippen molar-refractivity contribution in [2.24, 2.45) is 11.8 Å². The van der Waals surface area contributed by atoms with Crippen LogP contribution in [-0.2, 0) is 19.9 Å². The molecule has 116 valence electrons. The highest BCUT2D eigenvalue weighted by atomic mass is 32.2. The van der Waals surface area contributed by atoms with Crippen LogP contribution in [-0.4, -0.2) is 13.9 Å². The maximum Gasteiger partial charge on any atom is 0.523 e. The second kappa shape index (κ2) is 4.71. The smallest absolute Gasteiger partial charge is 0.251 e. The summed E-state index contributed by atoms with van der Waals surface area (Å²) in [6.45, 7) is 0. The molecule has 7 heteroatoms. The summed E-state index contributed by atoms with van der Waals surface area (Å²) >= 11 is 0. The topological polar surface area (TPSA) is 43.4 Å². The summed E-state index contributed by atoms with van der Waals surface area (Å²) in [6.07, 6.45) is 0.799. The first-order valence-corrected chi connectivity index (χ1v) is 8.09. The summed E-state index contributed by atoms with van der Waals surface area (Å²) in [5, 5.41) is 0. The molecule has 0 spiro atoms. The average molecular weight is 321 g/mol. The Labute approximate surface area is 122 Å². The fourth-order valence-electron chi connectivity index (χ4n) is 3.45. The van der Waals surface area contributed by atoms with E-state index >= 15 is 0 Å². The molecule has 0 N–H and O–H groups in total. The van der Waals surface area contributed by atoms with Gasteiger partial charge in [-0.15, -0.1) is 0 Å². The van der Waals surface area contributed by atoms with Gasteiger partial charge in [-0.1, -0.05) is 30.3 Å². The second-order valence-electron chi connectivity index (χ2n) is 5.58. The van der Waals surface area contributed by atoms with Crippen LogP contribution in [0.4, 0.5) is 13.2 Å². The maximum absolute atomic E-state index is 12.8. The molecule has 2 aliphatic rings. The van der Waals surface area contributed by atoms with Crippen LogP contribution in [0, 0.1) is 11.8 Å². The lowest BCUT2D eigenvalue weighted by atomic mass is 9.79. The Balaban J connectivity index is 2.10.